The number of nitrogens with one attached hydrogen (secondary N) is 1. The number of aliphatic hydroxyl groups excluding tert-OH is 6. The van der Waals surface area contributed by atoms with Gasteiger partial charge in [-0.3, -0.25) is 32.7 Å². The van der Waals surface area contributed by atoms with Gasteiger partial charge in [0.05, 0.1) is 29.8 Å². The quantitative estimate of drug-likeness (QED) is 0.0545. The summed E-state index contributed by atoms with van der Waals surface area (Å²) < 4.78 is 49.5. The second-order valence-electron chi connectivity index (χ2n) is 10.0. The summed E-state index contributed by atoms with van der Waals surface area (Å²) in [5.41, 5.74) is -2.37. The normalized spacial score (nSPS) is 32.2. The Morgan fingerprint density at radius 3 is 2.30 bits per heavy atom. The van der Waals surface area contributed by atoms with Gasteiger partial charge in [0.2, 0.25) is 0 Å². The van der Waals surface area contributed by atoms with Crippen molar-refractivity contribution in [2.24, 2.45) is 0 Å². The van der Waals surface area contributed by atoms with Crippen molar-refractivity contribution in [1.29, 1.82) is 0 Å². The number of hydrogen-bond acceptors (Lipinski definition) is 17. The average Bonchev–Trinajstić information content (AvgIpc) is 3.57. The molecule has 0 spiro atoms. The molecule has 24 heteroatoms. The predicted molar refractivity (Wildman–Crippen MR) is 148 cm³/mol. The van der Waals surface area contributed by atoms with E-state index in [-0.39, 0.29) is 15.3 Å². The van der Waals surface area contributed by atoms with E-state index < -0.39 is 108 Å². The fourth-order valence-corrected chi connectivity index (χ4v) is 6.91. The fourth-order valence-electron chi connectivity index (χ4n) is 4.75. The number of phosphoric acid groups is 2. The molecule has 2 aliphatic heterocycles. The van der Waals surface area contributed by atoms with Crippen LogP contribution in [0.5, 0.6) is 0 Å². The molecular weight excluding hydrogens is 690 g/mol. The lowest BCUT2D eigenvalue weighted by atomic mass is 9.94. The van der Waals surface area contributed by atoms with E-state index in [9.17, 15) is 59.0 Å². The highest BCUT2D eigenvalue weighted by molar-refractivity contribution is 7.47. The molecule has 46 heavy (non-hydrogen) atoms. The molecule has 2 unspecified atom stereocenters. The number of aromatic amines is 1. The Labute approximate surface area is 260 Å². The number of ether oxygens (including phenoxy) is 2. The van der Waals surface area contributed by atoms with Crippen LogP contribution in [0.25, 0.3) is 10.4 Å². The Bertz CT molecular complexity index is 1590. The standard InChI is InChI=1S/C22H30N2O19P2S/c25-6-8-1-2-12(46-8)9-5-24(22(33)23-19(9)31)20-17(16(30)18(41-20)21(32)43-44(34,35)36)42-45(37,38)39-4-3-10-13(27)15(29)14(28)11(7-26)40-10/h1-2,5-6,10-11,13-18,20-21,26-30,32H,3-4,7H2,(H,37,38)(H,23,31,33)(H2,34,35,36)/t10-,11-,13+,14+,15-,16+,17-,18+,20-,21?/m1/s1. The van der Waals surface area contributed by atoms with E-state index in [1.165, 1.54) is 12.1 Å². The molecular formula is C22H30N2O19P2S. The number of carbonyl (C=O) groups excluding carboxylic acids is 1. The highest BCUT2D eigenvalue weighted by atomic mass is 32.1. The zero-order chi connectivity index (χ0) is 34.1. The molecule has 0 bridgehead atoms. The first-order chi connectivity index (χ1) is 21.5. The second-order valence-corrected chi connectivity index (χ2v) is 13.7. The number of carbonyl (C=O) groups is 1. The molecule has 2 aliphatic rings. The van der Waals surface area contributed by atoms with Crippen molar-refractivity contribution < 1.29 is 82.3 Å². The molecule has 4 heterocycles. The number of aromatic nitrogens is 2. The molecule has 258 valence electrons. The molecule has 2 fully saturated rings. The largest absolute Gasteiger partial charge is 0.472 e. The van der Waals surface area contributed by atoms with Gasteiger partial charge in [-0.15, -0.1) is 11.3 Å². The van der Waals surface area contributed by atoms with Gasteiger partial charge in [0, 0.05) is 17.5 Å². The topological polar surface area (TPSA) is 334 Å². The average molecular weight is 720 g/mol. The third kappa shape index (κ3) is 8.32. The molecule has 10 N–H and O–H groups in total. The molecule has 0 amide bonds. The summed E-state index contributed by atoms with van der Waals surface area (Å²) in [7, 11) is -10.7. The summed E-state index contributed by atoms with van der Waals surface area (Å²) in [6.45, 7) is -1.47. The molecule has 21 nitrogen and oxygen atoms in total. The molecule has 11 atom stereocenters. The van der Waals surface area contributed by atoms with Gasteiger partial charge >= 0.3 is 21.3 Å². The van der Waals surface area contributed by atoms with E-state index in [1.54, 1.807) is 0 Å². The van der Waals surface area contributed by atoms with Crippen molar-refractivity contribution in [3.63, 3.8) is 0 Å². The summed E-state index contributed by atoms with van der Waals surface area (Å²) in [5.74, 6) is 0. The van der Waals surface area contributed by atoms with Crippen LogP contribution in [0.2, 0.25) is 0 Å². The smallest absolute Gasteiger partial charge is 0.394 e. The van der Waals surface area contributed by atoms with Gasteiger partial charge in [-0.2, -0.15) is 0 Å². The van der Waals surface area contributed by atoms with Crippen molar-refractivity contribution in [2.45, 2.75) is 67.8 Å². The highest BCUT2D eigenvalue weighted by Crippen LogP contribution is 2.50. The molecule has 0 aromatic carbocycles. The summed E-state index contributed by atoms with van der Waals surface area (Å²) in [6.07, 6.45) is -17.8. The number of rotatable bonds is 13. The van der Waals surface area contributed by atoms with Crippen LogP contribution in [0.15, 0.2) is 27.9 Å². The lowest BCUT2D eigenvalue weighted by molar-refractivity contribution is -0.231. The zero-order valence-electron chi connectivity index (χ0n) is 23.1. The molecule has 0 aliphatic carbocycles. The highest BCUT2D eigenvalue weighted by Gasteiger charge is 2.53. The SMILES string of the molecule is O=Cc1ccc(-c2cn([C@@H]3O[C@H](C(O)OP(=O)(O)O)[C@@H](O)[C@H]3OP(=O)(O)OCC[C@H]3O[C@H](CO)[C@H](O)[C@H](O)[C@H]3O)c(=O)[nH]c2=O)s1. The summed E-state index contributed by atoms with van der Waals surface area (Å²) in [4.78, 5) is 67.5. The Morgan fingerprint density at radius 1 is 1.02 bits per heavy atom. The van der Waals surface area contributed by atoms with E-state index in [0.29, 0.717) is 10.9 Å². The summed E-state index contributed by atoms with van der Waals surface area (Å²) >= 11 is 0.856. The van der Waals surface area contributed by atoms with Crippen LogP contribution in [-0.4, -0.2) is 129 Å². The van der Waals surface area contributed by atoms with Crippen LogP contribution in [-0.2, 0) is 32.2 Å². The molecule has 2 saturated heterocycles. The first-order valence-corrected chi connectivity index (χ1v) is 16.9. The maximum absolute atomic E-state index is 12.9. The van der Waals surface area contributed by atoms with Crippen LogP contribution in [0.3, 0.4) is 0 Å². The van der Waals surface area contributed by atoms with E-state index >= 15 is 0 Å². The number of thiophene rings is 1. The zero-order valence-corrected chi connectivity index (χ0v) is 25.7. The number of hydrogen-bond donors (Lipinski definition) is 10. The van der Waals surface area contributed by atoms with Crippen molar-refractivity contribution in [1.82, 2.24) is 9.55 Å². The summed E-state index contributed by atoms with van der Waals surface area (Å²) in [5, 5.41) is 60.4. The first-order valence-electron chi connectivity index (χ1n) is 13.1. The Balaban J connectivity index is 1.59. The lowest BCUT2D eigenvalue weighted by Crippen LogP contribution is -2.58. The van der Waals surface area contributed by atoms with E-state index in [2.05, 4.69) is 4.52 Å². The molecule has 4 rings (SSSR count). The van der Waals surface area contributed by atoms with Gasteiger partial charge in [0.15, 0.2) is 18.8 Å². The molecule has 0 radical (unpaired) electrons. The van der Waals surface area contributed by atoms with Crippen LogP contribution < -0.4 is 11.2 Å². The maximum Gasteiger partial charge on any atom is 0.472 e. The maximum atomic E-state index is 12.9. The number of aldehydes is 1. The number of phosphoric ester groups is 2. The van der Waals surface area contributed by atoms with Crippen LogP contribution in [0, 0.1) is 0 Å². The Kier molecular flexibility index (Phi) is 11.7. The monoisotopic (exact) mass is 720 g/mol. The van der Waals surface area contributed by atoms with E-state index in [1.807, 2.05) is 4.98 Å². The van der Waals surface area contributed by atoms with Gasteiger partial charge < -0.3 is 54.8 Å². The van der Waals surface area contributed by atoms with Gasteiger partial charge in [0.1, 0.15) is 42.7 Å². The Morgan fingerprint density at radius 2 is 1.70 bits per heavy atom. The predicted octanol–water partition coefficient (Wildman–Crippen LogP) is -3.50. The minimum atomic E-state index is -5.40. The van der Waals surface area contributed by atoms with Crippen molar-refractivity contribution >= 4 is 33.3 Å². The number of H-pyrrole nitrogens is 1. The lowest BCUT2D eigenvalue weighted by Gasteiger charge is -2.40. The minimum Gasteiger partial charge on any atom is -0.394 e. The molecule has 0 saturated carbocycles. The fraction of sp³-hybridized carbons (Fsp3) is 0.591. The van der Waals surface area contributed by atoms with Gasteiger partial charge in [-0.25, -0.2) is 13.9 Å². The van der Waals surface area contributed by atoms with Gasteiger partial charge in [0.25, 0.3) is 5.56 Å². The molecule has 2 aromatic heterocycles. The first kappa shape index (κ1) is 36.8. The van der Waals surface area contributed by atoms with Crippen LogP contribution in [0.1, 0.15) is 22.3 Å². The van der Waals surface area contributed by atoms with Crippen LogP contribution in [0.4, 0.5) is 0 Å². The van der Waals surface area contributed by atoms with E-state index in [0.717, 1.165) is 17.5 Å². The summed E-state index contributed by atoms with van der Waals surface area (Å²) in [6, 6.07) is 2.75. The second kappa shape index (κ2) is 14.6. The van der Waals surface area contributed by atoms with Crippen molar-refractivity contribution in [3.05, 3.63) is 44.0 Å². The minimum absolute atomic E-state index is 0.180. The third-order valence-corrected chi connectivity index (χ3v) is 9.48. The van der Waals surface area contributed by atoms with E-state index in [4.69, 9.17) is 28.3 Å². The Hall–Kier alpha value is -2.05. The van der Waals surface area contributed by atoms with Gasteiger partial charge in [-0.1, -0.05) is 0 Å². The molecule has 2 aromatic rings. The number of aliphatic hydroxyl groups is 6. The van der Waals surface area contributed by atoms with Crippen molar-refractivity contribution in [2.75, 3.05) is 13.2 Å². The van der Waals surface area contributed by atoms with Gasteiger partial charge in [-0.05, 0) is 12.1 Å². The van der Waals surface area contributed by atoms with Crippen LogP contribution >= 0.6 is 27.0 Å². The number of nitrogens with zero attached hydrogens (tertiary/aromatic N) is 1. The van der Waals surface area contributed by atoms with Crippen molar-refractivity contribution in [3.8, 4) is 10.4 Å². The third-order valence-electron chi connectivity index (χ3n) is 6.93.